The van der Waals surface area contributed by atoms with Crippen molar-refractivity contribution < 1.29 is 19.1 Å². The number of carbonyl (C=O) groups is 2. The van der Waals surface area contributed by atoms with Crippen LogP contribution in [0.3, 0.4) is 0 Å². The number of amides is 2. The molecule has 2 fully saturated rings. The molecular formula is C27H33N7O4S. The van der Waals surface area contributed by atoms with Crippen LogP contribution in [0, 0.1) is 5.92 Å². The quantitative estimate of drug-likeness (QED) is 0.370. The van der Waals surface area contributed by atoms with Gasteiger partial charge in [0.25, 0.3) is 11.8 Å². The van der Waals surface area contributed by atoms with Crippen LogP contribution in [0.25, 0.3) is 0 Å². The van der Waals surface area contributed by atoms with Gasteiger partial charge >= 0.3 is 6.01 Å². The number of nitrogens with zero attached hydrogens (tertiary/aromatic N) is 5. The van der Waals surface area contributed by atoms with Crippen molar-refractivity contribution in [2.45, 2.75) is 19.9 Å². The van der Waals surface area contributed by atoms with Crippen molar-refractivity contribution in [3.63, 3.8) is 0 Å². The van der Waals surface area contributed by atoms with E-state index in [9.17, 15) is 9.59 Å². The zero-order valence-corrected chi connectivity index (χ0v) is 22.8. The molecule has 5 rings (SSSR count). The SMILES string of the molecule is CCCNC(=O)c1cc(CN2CCOCC2)ccc1NC(=O)c1csc(N2CC(COc3ncccn3)C2)n1. The van der Waals surface area contributed by atoms with Crippen LogP contribution in [0.2, 0.25) is 0 Å². The number of nitrogens with one attached hydrogen (secondary N) is 2. The molecule has 12 heteroatoms. The minimum absolute atomic E-state index is 0.204. The third-order valence-corrected chi connectivity index (χ3v) is 7.47. The zero-order chi connectivity index (χ0) is 27.0. The molecule has 2 aromatic heterocycles. The maximum atomic E-state index is 13.1. The Morgan fingerprint density at radius 2 is 1.95 bits per heavy atom. The first-order valence-electron chi connectivity index (χ1n) is 13.2. The van der Waals surface area contributed by atoms with E-state index >= 15 is 0 Å². The van der Waals surface area contributed by atoms with Crippen LogP contribution >= 0.6 is 11.3 Å². The molecule has 0 atom stereocenters. The van der Waals surface area contributed by atoms with Gasteiger partial charge in [0.2, 0.25) is 0 Å². The second-order valence-corrected chi connectivity index (χ2v) is 10.4. The third kappa shape index (κ3) is 7.08. The van der Waals surface area contributed by atoms with Gasteiger partial charge in [-0.2, -0.15) is 0 Å². The number of thiazole rings is 1. The summed E-state index contributed by atoms with van der Waals surface area (Å²) in [6, 6.07) is 7.75. The number of morpholine rings is 1. The number of hydrogen-bond donors (Lipinski definition) is 2. The van der Waals surface area contributed by atoms with Crippen molar-refractivity contribution in [3.8, 4) is 6.01 Å². The van der Waals surface area contributed by atoms with Gasteiger partial charge < -0.3 is 25.0 Å². The highest BCUT2D eigenvalue weighted by atomic mass is 32.1. The average molecular weight is 552 g/mol. The Bertz CT molecular complexity index is 1260. The zero-order valence-electron chi connectivity index (χ0n) is 22.0. The normalized spacial score (nSPS) is 16.0. The van der Waals surface area contributed by atoms with Crippen LogP contribution in [-0.2, 0) is 11.3 Å². The van der Waals surface area contributed by atoms with Gasteiger partial charge in [0, 0.05) is 63.0 Å². The Hall–Kier alpha value is -3.61. The fourth-order valence-electron chi connectivity index (χ4n) is 4.42. The predicted octanol–water partition coefficient (Wildman–Crippen LogP) is 2.67. The molecule has 0 radical (unpaired) electrons. The summed E-state index contributed by atoms with van der Waals surface area (Å²) in [5.41, 5.74) is 2.26. The fourth-order valence-corrected chi connectivity index (χ4v) is 5.25. The fraction of sp³-hybridized carbons (Fsp3) is 0.444. The lowest BCUT2D eigenvalue weighted by Crippen LogP contribution is -2.49. The van der Waals surface area contributed by atoms with E-state index in [-0.39, 0.29) is 11.8 Å². The standard InChI is InChI=1S/C27H33N7O4S/c1-2-6-28-24(35)21-13-19(14-33-9-11-37-12-10-33)4-5-22(21)31-25(36)23-18-39-27(32-23)34-15-20(16-34)17-38-26-29-7-3-8-30-26/h3-5,7-8,13,18,20H,2,6,9-12,14-17H2,1H3,(H,28,35)(H,31,36). The van der Waals surface area contributed by atoms with Crippen LogP contribution in [0.15, 0.2) is 42.0 Å². The minimum Gasteiger partial charge on any atom is -0.463 e. The second kappa shape index (κ2) is 13.0. The first-order valence-corrected chi connectivity index (χ1v) is 14.1. The van der Waals surface area contributed by atoms with Gasteiger partial charge in [0.1, 0.15) is 5.69 Å². The summed E-state index contributed by atoms with van der Waals surface area (Å²) < 4.78 is 11.1. The predicted molar refractivity (Wildman–Crippen MR) is 148 cm³/mol. The van der Waals surface area contributed by atoms with Gasteiger partial charge in [0.05, 0.1) is 31.1 Å². The van der Waals surface area contributed by atoms with Crippen molar-refractivity contribution in [2.24, 2.45) is 5.92 Å². The molecule has 39 heavy (non-hydrogen) atoms. The van der Waals surface area contributed by atoms with Gasteiger partial charge in [-0.05, 0) is 30.2 Å². The molecule has 2 aliphatic rings. The molecule has 2 N–H and O–H groups in total. The first kappa shape index (κ1) is 27.0. The lowest BCUT2D eigenvalue weighted by Gasteiger charge is -2.38. The molecular weight excluding hydrogens is 518 g/mol. The second-order valence-electron chi connectivity index (χ2n) is 9.61. The van der Waals surface area contributed by atoms with E-state index in [1.165, 1.54) is 11.3 Å². The van der Waals surface area contributed by atoms with Crippen LogP contribution in [-0.4, -0.2) is 84.2 Å². The maximum Gasteiger partial charge on any atom is 0.316 e. The molecule has 0 aliphatic carbocycles. The van der Waals surface area contributed by atoms with Gasteiger partial charge in [-0.3, -0.25) is 14.5 Å². The van der Waals surface area contributed by atoms with E-state index in [0.29, 0.717) is 55.2 Å². The van der Waals surface area contributed by atoms with Gasteiger partial charge in [-0.25, -0.2) is 15.0 Å². The smallest absolute Gasteiger partial charge is 0.316 e. The molecule has 0 unspecified atom stereocenters. The van der Waals surface area contributed by atoms with Crippen LogP contribution in [0.4, 0.5) is 10.8 Å². The summed E-state index contributed by atoms with van der Waals surface area (Å²) in [7, 11) is 0. The van der Waals surface area contributed by atoms with Gasteiger partial charge in [-0.1, -0.05) is 13.0 Å². The van der Waals surface area contributed by atoms with E-state index in [4.69, 9.17) is 9.47 Å². The number of aromatic nitrogens is 3. The van der Waals surface area contributed by atoms with E-state index in [1.54, 1.807) is 29.9 Å². The number of carbonyl (C=O) groups excluding carboxylic acids is 2. The summed E-state index contributed by atoms with van der Waals surface area (Å²) in [6.45, 7) is 8.53. The highest BCUT2D eigenvalue weighted by Crippen LogP contribution is 2.29. The summed E-state index contributed by atoms with van der Waals surface area (Å²) in [5, 5.41) is 8.37. The molecule has 2 aliphatic heterocycles. The van der Waals surface area contributed by atoms with Crippen LogP contribution in [0.5, 0.6) is 6.01 Å². The summed E-state index contributed by atoms with van der Waals surface area (Å²) in [4.78, 5) is 43.2. The Morgan fingerprint density at radius 3 is 2.72 bits per heavy atom. The Labute approximate surface area is 231 Å². The molecule has 4 heterocycles. The number of anilines is 2. The Kier molecular flexibility index (Phi) is 8.96. The summed E-state index contributed by atoms with van der Waals surface area (Å²) in [5.74, 6) is -0.204. The highest BCUT2D eigenvalue weighted by molar-refractivity contribution is 7.14. The monoisotopic (exact) mass is 551 g/mol. The molecule has 0 saturated carbocycles. The number of hydrogen-bond acceptors (Lipinski definition) is 10. The first-order chi connectivity index (χ1) is 19.1. The molecule has 11 nitrogen and oxygen atoms in total. The number of benzene rings is 1. The van der Waals surface area contributed by atoms with Crippen molar-refractivity contribution in [3.05, 3.63) is 58.9 Å². The molecule has 0 spiro atoms. The number of ether oxygens (including phenoxy) is 2. The molecule has 1 aromatic carbocycles. The van der Waals surface area contributed by atoms with E-state index in [2.05, 4.69) is 35.4 Å². The molecule has 206 valence electrons. The van der Waals surface area contributed by atoms with E-state index in [0.717, 1.165) is 49.8 Å². The lowest BCUT2D eigenvalue weighted by molar-refractivity contribution is 0.0342. The van der Waals surface area contributed by atoms with Crippen molar-refractivity contribution in [1.82, 2.24) is 25.2 Å². The summed E-state index contributed by atoms with van der Waals surface area (Å²) in [6.07, 6.45) is 4.13. The van der Waals surface area contributed by atoms with Crippen molar-refractivity contribution in [2.75, 3.05) is 62.8 Å². The number of rotatable bonds is 11. The Morgan fingerprint density at radius 1 is 1.15 bits per heavy atom. The van der Waals surface area contributed by atoms with Crippen molar-refractivity contribution in [1.29, 1.82) is 0 Å². The highest BCUT2D eigenvalue weighted by Gasteiger charge is 2.30. The van der Waals surface area contributed by atoms with Gasteiger partial charge in [0.15, 0.2) is 5.13 Å². The maximum absolute atomic E-state index is 13.1. The summed E-state index contributed by atoms with van der Waals surface area (Å²) >= 11 is 1.43. The molecule has 2 saturated heterocycles. The van der Waals surface area contributed by atoms with E-state index < -0.39 is 0 Å². The molecule has 2 amide bonds. The van der Waals surface area contributed by atoms with Crippen LogP contribution in [0.1, 0.15) is 39.8 Å². The molecule has 3 aromatic rings. The van der Waals surface area contributed by atoms with Crippen LogP contribution < -0.4 is 20.3 Å². The third-order valence-electron chi connectivity index (χ3n) is 6.56. The molecule has 0 bridgehead atoms. The minimum atomic E-state index is -0.343. The van der Waals surface area contributed by atoms with Crippen molar-refractivity contribution >= 4 is 34.0 Å². The lowest BCUT2D eigenvalue weighted by atomic mass is 10.0. The Balaban J connectivity index is 1.20. The van der Waals surface area contributed by atoms with E-state index in [1.807, 2.05) is 19.1 Å². The van der Waals surface area contributed by atoms with Gasteiger partial charge in [-0.15, -0.1) is 11.3 Å². The largest absolute Gasteiger partial charge is 0.463 e. The topological polar surface area (TPSA) is 122 Å². The average Bonchev–Trinajstić information content (AvgIpc) is 3.43.